The van der Waals surface area contributed by atoms with Crippen LogP contribution in [0, 0.1) is 0 Å². The Hall–Kier alpha value is -1.23. The van der Waals surface area contributed by atoms with Gasteiger partial charge in [-0.15, -0.1) is 0 Å². The summed E-state index contributed by atoms with van der Waals surface area (Å²) in [6, 6.07) is 4.48. The number of benzene rings is 1. The second kappa shape index (κ2) is 4.53. The highest BCUT2D eigenvalue weighted by Gasteiger charge is 2.10. The zero-order chi connectivity index (χ0) is 11.5. The van der Waals surface area contributed by atoms with Crippen LogP contribution in [0.4, 0.5) is 5.69 Å². The summed E-state index contributed by atoms with van der Waals surface area (Å²) in [7, 11) is -3.20. The van der Waals surface area contributed by atoms with Crippen LogP contribution in [-0.2, 0) is 9.84 Å². The van der Waals surface area contributed by atoms with Crippen molar-refractivity contribution in [2.45, 2.75) is 18.2 Å². The summed E-state index contributed by atoms with van der Waals surface area (Å²) in [5, 5.41) is 0. The molecule has 84 valence electrons. The second-order valence-corrected chi connectivity index (χ2v) is 5.34. The van der Waals surface area contributed by atoms with Crippen molar-refractivity contribution in [2.24, 2.45) is 0 Å². The molecule has 1 rings (SSSR count). The maximum absolute atomic E-state index is 11.3. The molecular weight excluding hydrogens is 214 g/mol. The number of anilines is 1. The molecule has 0 amide bonds. The quantitative estimate of drug-likeness (QED) is 0.793. The van der Waals surface area contributed by atoms with Crippen LogP contribution in [0.1, 0.15) is 13.3 Å². The minimum absolute atomic E-state index is 0.225. The maximum atomic E-state index is 11.3. The molecule has 2 N–H and O–H groups in total. The fourth-order valence-electron chi connectivity index (χ4n) is 1.08. The monoisotopic (exact) mass is 229 g/mol. The largest absolute Gasteiger partial charge is 0.491 e. The lowest BCUT2D eigenvalue weighted by atomic mass is 10.3. The predicted octanol–water partition coefficient (Wildman–Crippen LogP) is 1.46. The third-order valence-corrected chi connectivity index (χ3v) is 2.99. The highest BCUT2D eigenvalue weighted by Crippen LogP contribution is 2.25. The number of ether oxygens (including phenoxy) is 1. The molecule has 0 spiro atoms. The molecule has 4 nitrogen and oxygen atoms in total. The molecule has 0 atom stereocenters. The number of rotatable bonds is 4. The Kier molecular flexibility index (Phi) is 3.57. The summed E-state index contributed by atoms with van der Waals surface area (Å²) in [5.74, 6) is 0.430. The van der Waals surface area contributed by atoms with Gasteiger partial charge in [0.1, 0.15) is 5.75 Å². The molecular formula is C10H15NO3S. The Morgan fingerprint density at radius 1 is 1.40 bits per heavy atom. The second-order valence-electron chi connectivity index (χ2n) is 3.32. The first-order valence-corrected chi connectivity index (χ1v) is 6.56. The first-order chi connectivity index (χ1) is 6.95. The Labute approximate surface area is 90.0 Å². The Morgan fingerprint density at radius 2 is 2.07 bits per heavy atom. The predicted molar refractivity (Wildman–Crippen MR) is 59.8 cm³/mol. The third-order valence-electron chi connectivity index (χ3n) is 1.87. The number of hydrogen-bond acceptors (Lipinski definition) is 4. The standard InChI is InChI=1S/C10H15NO3S/c1-3-6-14-10-7-8(15(2,12)13)4-5-9(10)11/h4-5,7H,3,6,11H2,1-2H3. The number of hydrogen-bond donors (Lipinski definition) is 1. The number of sulfone groups is 1. The van der Waals surface area contributed by atoms with E-state index < -0.39 is 9.84 Å². The first-order valence-electron chi connectivity index (χ1n) is 4.67. The van der Waals surface area contributed by atoms with Crippen LogP contribution in [0.15, 0.2) is 23.1 Å². The molecule has 1 aromatic carbocycles. The molecule has 0 saturated carbocycles. The molecule has 0 unspecified atom stereocenters. The fraction of sp³-hybridized carbons (Fsp3) is 0.400. The topological polar surface area (TPSA) is 69.4 Å². The van der Waals surface area contributed by atoms with E-state index in [2.05, 4.69) is 0 Å². The lowest BCUT2D eigenvalue weighted by molar-refractivity contribution is 0.318. The van der Waals surface area contributed by atoms with Crippen LogP contribution in [-0.4, -0.2) is 21.3 Å². The molecule has 0 saturated heterocycles. The Morgan fingerprint density at radius 3 is 2.60 bits per heavy atom. The zero-order valence-electron chi connectivity index (χ0n) is 8.86. The van der Waals surface area contributed by atoms with Gasteiger partial charge < -0.3 is 10.5 Å². The van der Waals surface area contributed by atoms with Gasteiger partial charge >= 0.3 is 0 Å². The molecule has 0 aliphatic carbocycles. The fourth-order valence-corrected chi connectivity index (χ4v) is 1.72. The summed E-state index contributed by atoms with van der Waals surface area (Å²) in [4.78, 5) is 0.225. The van der Waals surface area contributed by atoms with Gasteiger partial charge in [0.05, 0.1) is 17.2 Å². The van der Waals surface area contributed by atoms with E-state index in [9.17, 15) is 8.42 Å². The van der Waals surface area contributed by atoms with Gasteiger partial charge in [-0.1, -0.05) is 6.92 Å². The molecule has 1 aromatic rings. The summed E-state index contributed by atoms with van der Waals surface area (Å²) in [6.45, 7) is 2.49. The third kappa shape index (κ3) is 3.13. The van der Waals surface area contributed by atoms with Gasteiger partial charge in [-0.3, -0.25) is 0 Å². The normalized spacial score (nSPS) is 11.3. The van der Waals surface area contributed by atoms with E-state index >= 15 is 0 Å². The van der Waals surface area contributed by atoms with Gasteiger partial charge in [0, 0.05) is 12.3 Å². The van der Waals surface area contributed by atoms with Gasteiger partial charge in [0.25, 0.3) is 0 Å². The van der Waals surface area contributed by atoms with Gasteiger partial charge in [-0.2, -0.15) is 0 Å². The maximum Gasteiger partial charge on any atom is 0.175 e. The van der Waals surface area contributed by atoms with E-state index in [0.29, 0.717) is 18.0 Å². The molecule has 0 radical (unpaired) electrons. The van der Waals surface area contributed by atoms with E-state index in [4.69, 9.17) is 10.5 Å². The first kappa shape index (κ1) is 11.8. The SMILES string of the molecule is CCCOc1cc(S(C)(=O)=O)ccc1N. The van der Waals surface area contributed by atoms with Crippen molar-refractivity contribution in [3.05, 3.63) is 18.2 Å². The van der Waals surface area contributed by atoms with Crippen molar-refractivity contribution in [1.29, 1.82) is 0 Å². The van der Waals surface area contributed by atoms with Crippen LogP contribution >= 0.6 is 0 Å². The smallest absolute Gasteiger partial charge is 0.175 e. The lowest BCUT2D eigenvalue weighted by Gasteiger charge is -2.08. The van der Waals surface area contributed by atoms with E-state index in [1.165, 1.54) is 12.1 Å². The molecule has 5 heteroatoms. The van der Waals surface area contributed by atoms with Gasteiger partial charge in [0.15, 0.2) is 9.84 Å². The highest BCUT2D eigenvalue weighted by atomic mass is 32.2. The molecule has 0 aliphatic rings. The molecule has 0 heterocycles. The molecule has 0 fully saturated rings. The summed E-state index contributed by atoms with van der Waals surface area (Å²) in [5.41, 5.74) is 6.11. The van der Waals surface area contributed by atoms with Crippen LogP contribution < -0.4 is 10.5 Å². The Bertz CT molecular complexity index is 440. The summed E-state index contributed by atoms with van der Waals surface area (Å²) < 4.78 is 27.9. The molecule has 0 aromatic heterocycles. The molecule has 0 bridgehead atoms. The average molecular weight is 229 g/mol. The minimum atomic E-state index is -3.20. The van der Waals surface area contributed by atoms with E-state index in [1.54, 1.807) is 6.07 Å². The number of nitrogen functional groups attached to an aromatic ring is 1. The van der Waals surface area contributed by atoms with Crippen LogP contribution in [0.2, 0.25) is 0 Å². The van der Waals surface area contributed by atoms with Gasteiger partial charge in [-0.25, -0.2) is 8.42 Å². The van der Waals surface area contributed by atoms with Crippen molar-refractivity contribution >= 4 is 15.5 Å². The van der Waals surface area contributed by atoms with Crippen molar-refractivity contribution in [1.82, 2.24) is 0 Å². The van der Waals surface area contributed by atoms with E-state index in [-0.39, 0.29) is 4.90 Å². The zero-order valence-corrected chi connectivity index (χ0v) is 9.67. The van der Waals surface area contributed by atoms with Crippen molar-refractivity contribution in [3.63, 3.8) is 0 Å². The average Bonchev–Trinajstić information content (AvgIpc) is 2.15. The van der Waals surface area contributed by atoms with Crippen LogP contribution in [0.25, 0.3) is 0 Å². The Balaban J connectivity index is 3.06. The van der Waals surface area contributed by atoms with E-state index in [1.807, 2.05) is 6.92 Å². The molecule has 0 aliphatic heterocycles. The van der Waals surface area contributed by atoms with E-state index in [0.717, 1.165) is 12.7 Å². The van der Waals surface area contributed by atoms with Crippen molar-refractivity contribution in [2.75, 3.05) is 18.6 Å². The summed E-state index contributed by atoms with van der Waals surface area (Å²) >= 11 is 0. The van der Waals surface area contributed by atoms with Gasteiger partial charge in [-0.05, 0) is 18.6 Å². The molecule has 15 heavy (non-hydrogen) atoms. The van der Waals surface area contributed by atoms with Crippen molar-refractivity contribution in [3.8, 4) is 5.75 Å². The minimum Gasteiger partial charge on any atom is -0.491 e. The highest BCUT2D eigenvalue weighted by molar-refractivity contribution is 7.90. The number of nitrogens with two attached hydrogens (primary N) is 1. The van der Waals surface area contributed by atoms with Gasteiger partial charge in [0.2, 0.25) is 0 Å². The summed E-state index contributed by atoms with van der Waals surface area (Å²) in [6.07, 6.45) is 2.00. The van der Waals surface area contributed by atoms with Crippen LogP contribution in [0.5, 0.6) is 5.75 Å². The lowest BCUT2D eigenvalue weighted by Crippen LogP contribution is -2.02. The van der Waals surface area contributed by atoms with Crippen molar-refractivity contribution < 1.29 is 13.2 Å². The van der Waals surface area contributed by atoms with Crippen LogP contribution in [0.3, 0.4) is 0 Å².